The van der Waals surface area contributed by atoms with Gasteiger partial charge in [-0.05, 0) is 29.0 Å². The summed E-state index contributed by atoms with van der Waals surface area (Å²) in [7, 11) is 0. The summed E-state index contributed by atoms with van der Waals surface area (Å²) in [5.41, 5.74) is 7.72. The summed E-state index contributed by atoms with van der Waals surface area (Å²) in [6.45, 7) is 0.434. The van der Waals surface area contributed by atoms with E-state index in [9.17, 15) is 0 Å². The molecular formula is C15H14BrN3O. The zero-order valence-corrected chi connectivity index (χ0v) is 12.3. The number of nitrogens with two attached hydrogens (primary N) is 1. The van der Waals surface area contributed by atoms with Crippen LogP contribution in [0.25, 0.3) is 22.0 Å². The van der Waals surface area contributed by atoms with E-state index in [1.165, 1.54) is 5.39 Å². The van der Waals surface area contributed by atoms with Crippen molar-refractivity contribution in [1.82, 2.24) is 9.78 Å². The van der Waals surface area contributed by atoms with Crippen LogP contribution in [0.15, 0.2) is 46.9 Å². The zero-order chi connectivity index (χ0) is 14.1. The number of anilines is 1. The summed E-state index contributed by atoms with van der Waals surface area (Å²) in [6, 6.07) is 14.2. The van der Waals surface area contributed by atoms with Crippen molar-refractivity contribution in [3.63, 3.8) is 0 Å². The normalized spacial score (nSPS) is 11.1. The lowest BCUT2D eigenvalue weighted by Gasteiger charge is -2.02. The Morgan fingerprint density at radius 2 is 1.85 bits per heavy atom. The number of nitrogen functional groups attached to an aromatic ring is 1. The van der Waals surface area contributed by atoms with Crippen molar-refractivity contribution < 1.29 is 5.11 Å². The van der Waals surface area contributed by atoms with E-state index < -0.39 is 0 Å². The average Bonchev–Trinajstić information content (AvgIpc) is 2.80. The van der Waals surface area contributed by atoms with Gasteiger partial charge in [-0.1, -0.05) is 34.1 Å². The first-order chi connectivity index (χ1) is 9.67. The molecule has 0 amide bonds. The molecule has 0 radical (unpaired) electrons. The van der Waals surface area contributed by atoms with Crippen LogP contribution < -0.4 is 5.73 Å². The molecule has 3 aromatic rings. The molecule has 0 aliphatic heterocycles. The van der Waals surface area contributed by atoms with Gasteiger partial charge in [-0.3, -0.25) is 0 Å². The van der Waals surface area contributed by atoms with Crippen LogP contribution in [0.5, 0.6) is 0 Å². The van der Waals surface area contributed by atoms with E-state index in [4.69, 9.17) is 10.8 Å². The van der Waals surface area contributed by atoms with Crippen LogP contribution in [0.1, 0.15) is 0 Å². The van der Waals surface area contributed by atoms with E-state index in [1.54, 1.807) is 4.68 Å². The maximum Gasteiger partial charge on any atom is 0.122 e. The number of hydrogen-bond acceptors (Lipinski definition) is 3. The molecule has 0 saturated carbocycles. The highest BCUT2D eigenvalue weighted by Crippen LogP contribution is 2.26. The van der Waals surface area contributed by atoms with E-state index in [0.29, 0.717) is 12.4 Å². The van der Waals surface area contributed by atoms with Gasteiger partial charge in [0.25, 0.3) is 0 Å². The van der Waals surface area contributed by atoms with Gasteiger partial charge in [-0.2, -0.15) is 5.10 Å². The molecule has 0 spiro atoms. The van der Waals surface area contributed by atoms with Crippen molar-refractivity contribution in [2.45, 2.75) is 6.54 Å². The third-order valence-electron chi connectivity index (χ3n) is 3.22. The SMILES string of the molecule is Nc1cc(-c2ccc3cc(Br)ccc3c2)nn1CCO. The van der Waals surface area contributed by atoms with Gasteiger partial charge < -0.3 is 10.8 Å². The molecule has 0 atom stereocenters. The number of benzene rings is 2. The van der Waals surface area contributed by atoms with Crippen molar-refractivity contribution in [1.29, 1.82) is 0 Å². The molecular weight excluding hydrogens is 318 g/mol. The molecule has 0 saturated heterocycles. The number of fused-ring (bicyclic) bond motifs is 1. The lowest BCUT2D eigenvalue weighted by atomic mass is 10.1. The second-order valence-corrected chi connectivity index (χ2v) is 5.52. The van der Waals surface area contributed by atoms with Gasteiger partial charge in [0.2, 0.25) is 0 Å². The molecule has 1 aromatic heterocycles. The van der Waals surface area contributed by atoms with E-state index in [0.717, 1.165) is 21.1 Å². The second kappa shape index (κ2) is 5.26. The number of hydrogen-bond donors (Lipinski definition) is 2. The first-order valence-corrected chi connectivity index (χ1v) is 7.10. The summed E-state index contributed by atoms with van der Waals surface area (Å²) >= 11 is 3.47. The molecule has 0 aliphatic rings. The van der Waals surface area contributed by atoms with Crippen LogP contribution in [-0.4, -0.2) is 21.5 Å². The Morgan fingerprint density at radius 3 is 2.65 bits per heavy atom. The van der Waals surface area contributed by atoms with Gasteiger partial charge in [-0.15, -0.1) is 0 Å². The number of rotatable bonds is 3. The van der Waals surface area contributed by atoms with Crippen molar-refractivity contribution in [3.8, 4) is 11.3 Å². The van der Waals surface area contributed by atoms with Gasteiger partial charge in [0.05, 0.1) is 18.8 Å². The summed E-state index contributed by atoms with van der Waals surface area (Å²) in [6.07, 6.45) is 0. The standard InChI is InChI=1S/C15H14BrN3O/c16-13-4-3-10-7-12(2-1-11(10)8-13)14-9-15(17)19(18-14)5-6-20/h1-4,7-9,20H,5-6,17H2. The fourth-order valence-electron chi connectivity index (χ4n) is 2.22. The Morgan fingerprint density at radius 1 is 1.10 bits per heavy atom. The number of halogens is 1. The monoisotopic (exact) mass is 331 g/mol. The minimum Gasteiger partial charge on any atom is -0.394 e. The molecule has 0 unspecified atom stereocenters. The molecule has 1 heterocycles. The largest absolute Gasteiger partial charge is 0.394 e. The topological polar surface area (TPSA) is 64.1 Å². The van der Waals surface area contributed by atoms with Crippen molar-refractivity contribution >= 4 is 32.5 Å². The highest BCUT2D eigenvalue weighted by molar-refractivity contribution is 9.10. The quantitative estimate of drug-likeness (QED) is 0.775. The Labute approximate surface area is 125 Å². The number of aliphatic hydroxyl groups excluding tert-OH is 1. The van der Waals surface area contributed by atoms with Gasteiger partial charge in [-0.25, -0.2) is 4.68 Å². The summed E-state index contributed by atoms with van der Waals surface area (Å²) in [4.78, 5) is 0. The summed E-state index contributed by atoms with van der Waals surface area (Å²) in [5, 5.41) is 15.7. The average molecular weight is 332 g/mol. The first-order valence-electron chi connectivity index (χ1n) is 6.31. The summed E-state index contributed by atoms with van der Waals surface area (Å²) in [5.74, 6) is 0.560. The highest BCUT2D eigenvalue weighted by Gasteiger charge is 2.07. The molecule has 3 N–H and O–H groups in total. The maximum absolute atomic E-state index is 8.97. The molecule has 102 valence electrons. The van der Waals surface area contributed by atoms with E-state index in [1.807, 2.05) is 18.2 Å². The highest BCUT2D eigenvalue weighted by atomic mass is 79.9. The number of aliphatic hydroxyl groups is 1. The molecule has 20 heavy (non-hydrogen) atoms. The fourth-order valence-corrected chi connectivity index (χ4v) is 2.60. The molecule has 3 rings (SSSR count). The predicted molar refractivity (Wildman–Crippen MR) is 84.4 cm³/mol. The number of nitrogens with zero attached hydrogens (tertiary/aromatic N) is 2. The fraction of sp³-hybridized carbons (Fsp3) is 0.133. The Kier molecular flexibility index (Phi) is 3.46. The Hall–Kier alpha value is -1.85. The van der Waals surface area contributed by atoms with Crippen LogP contribution in [-0.2, 0) is 6.54 Å². The predicted octanol–water partition coefficient (Wildman–Crippen LogP) is 3.04. The van der Waals surface area contributed by atoms with Crippen LogP contribution in [0.2, 0.25) is 0 Å². The number of aromatic nitrogens is 2. The van der Waals surface area contributed by atoms with Crippen molar-refractivity contribution in [3.05, 3.63) is 46.9 Å². The van der Waals surface area contributed by atoms with Gasteiger partial charge in [0, 0.05) is 16.1 Å². The van der Waals surface area contributed by atoms with Crippen LogP contribution >= 0.6 is 15.9 Å². The molecule has 2 aromatic carbocycles. The molecule has 4 nitrogen and oxygen atoms in total. The van der Waals surface area contributed by atoms with Crippen molar-refractivity contribution in [2.24, 2.45) is 0 Å². The van der Waals surface area contributed by atoms with Crippen LogP contribution in [0.4, 0.5) is 5.82 Å². The third-order valence-corrected chi connectivity index (χ3v) is 3.71. The second-order valence-electron chi connectivity index (χ2n) is 4.61. The maximum atomic E-state index is 8.97. The van der Waals surface area contributed by atoms with Crippen LogP contribution in [0.3, 0.4) is 0 Å². The molecule has 0 bridgehead atoms. The lowest BCUT2D eigenvalue weighted by molar-refractivity contribution is 0.270. The van der Waals surface area contributed by atoms with Crippen molar-refractivity contribution in [2.75, 3.05) is 12.3 Å². The molecule has 0 aliphatic carbocycles. The third kappa shape index (κ3) is 2.42. The lowest BCUT2D eigenvalue weighted by Crippen LogP contribution is -2.07. The Balaban J connectivity index is 2.05. The molecule has 0 fully saturated rings. The minimum atomic E-state index is 0.0249. The van der Waals surface area contributed by atoms with Crippen LogP contribution in [0, 0.1) is 0 Å². The Bertz CT molecular complexity index is 767. The minimum absolute atomic E-state index is 0.0249. The summed E-state index contributed by atoms with van der Waals surface area (Å²) < 4.78 is 2.68. The van der Waals surface area contributed by atoms with E-state index >= 15 is 0 Å². The van der Waals surface area contributed by atoms with Gasteiger partial charge in [0.15, 0.2) is 0 Å². The van der Waals surface area contributed by atoms with E-state index in [-0.39, 0.29) is 6.61 Å². The van der Waals surface area contributed by atoms with E-state index in [2.05, 4.69) is 45.3 Å². The molecule has 5 heteroatoms. The van der Waals surface area contributed by atoms with Gasteiger partial charge >= 0.3 is 0 Å². The van der Waals surface area contributed by atoms with Gasteiger partial charge in [0.1, 0.15) is 5.82 Å². The first kappa shape index (κ1) is 13.1. The zero-order valence-electron chi connectivity index (χ0n) is 10.8. The smallest absolute Gasteiger partial charge is 0.122 e.